The molecule has 1 amide bonds. The summed E-state index contributed by atoms with van der Waals surface area (Å²) in [4.78, 5) is 24.1. The van der Waals surface area contributed by atoms with Crippen molar-refractivity contribution < 1.29 is 19.1 Å². The Hall–Kier alpha value is -2.53. The van der Waals surface area contributed by atoms with Gasteiger partial charge in [0, 0.05) is 16.3 Å². The molecule has 5 nitrogen and oxygen atoms in total. The summed E-state index contributed by atoms with van der Waals surface area (Å²) >= 11 is 5.87. The topological polar surface area (TPSA) is 55.8 Å². The molecule has 1 atom stereocenters. The molecule has 1 unspecified atom stereocenters. The molecule has 0 aromatic heterocycles. The predicted molar refractivity (Wildman–Crippen MR) is 86.4 cm³/mol. The van der Waals surface area contributed by atoms with Crippen molar-refractivity contribution in [3.05, 3.63) is 59.1 Å². The predicted octanol–water partition coefficient (Wildman–Crippen LogP) is 3.56. The standard InChI is InChI=1S/C17H14ClNO4/c18-13-3-5-14(6-4-13)19-15(11-23-17(19)21)10-22-16-7-1-12(9-20)2-8-16/h1-9,15H,10-11H2. The molecule has 0 N–H and O–H groups in total. The van der Waals surface area contributed by atoms with Crippen LogP contribution < -0.4 is 9.64 Å². The molecule has 1 aliphatic rings. The maximum atomic E-state index is 11.9. The van der Waals surface area contributed by atoms with E-state index in [1.54, 1.807) is 53.4 Å². The van der Waals surface area contributed by atoms with E-state index in [-0.39, 0.29) is 19.3 Å². The van der Waals surface area contributed by atoms with Crippen LogP contribution in [0, 0.1) is 0 Å². The molecule has 23 heavy (non-hydrogen) atoms. The van der Waals surface area contributed by atoms with Gasteiger partial charge in [-0.2, -0.15) is 0 Å². The minimum atomic E-state index is -0.405. The molecule has 118 valence electrons. The number of hydrogen-bond donors (Lipinski definition) is 0. The summed E-state index contributed by atoms with van der Waals surface area (Å²) < 4.78 is 10.8. The molecular weight excluding hydrogens is 318 g/mol. The molecule has 1 saturated heterocycles. The molecule has 0 spiro atoms. The highest BCUT2D eigenvalue weighted by Crippen LogP contribution is 2.25. The van der Waals surface area contributed by atoms with Gasteiger partial charge in [0.05, 0.1) is 0 Å². The average Bonchev–Trinajstić information content (AvgIpc) is 2.95. The van der Waals surface area contributed by atoms with Gasteiger partial charge < -0.3 is 9.47 Å². The number of rotatable bonds is 5. The SMILES string of the molecule is O=Cc1ccc(OCC2COC(=O)N2c2ccc(Cl)cc2)cc1. The summed E-state index contributed by atoms with van der Waals surface area (Å²) in [5, 5.41) is 0.601. The molecule has 2 aromatic carbocycles. The molecule has 2 aromatic rings. The van der Waals surface area contributed by atoms with Crippen LogP contribution in [-0.2, 0) is 4.74 Å². The number of carbonyl (C=O) groups excluding carboxylic acids is 2. The van der Waals surface area contributed by atoms with Crippen molar-refractivity contribution in [3.63, 3.8) is 0 Å². The van der Waals surface area contributed by atoms with Crippen LogP contribution in [0.2, 0.25) is 5.02 Å². The maximum absolute atomic E-state index is 11.9. The van der Waals surface area contributed by atoms with Gasteiger partial charge in [-0.25, -0.2) is 4.79 Å². The number of nitrogens with zero attached hydrogens (tertiary/aromatic N) is 1. The minimum Gasteiger partial charge on any atom is -0.491 e. The van der Waals surface area contributed by atoms with Crippen molar-refractivity contribution in [1.82, 2.24) is 0 Å². The Morgan fingerprint density at radius 1 is 1.17 bits per heavy atom. The van der Waals surface area contributed by atoms with E-state index in [9.17, 15) is 9.59 Å². The molecule has 1 heterocycles. The number of amides is 1. The molecule has 0 saturated carbocycles. The summed E-state index contributed by atoms with van der Waals surface area (Å²) in [6.07, 6.45) is 0.368. The van der Waals surface area contributed by atoms with Gasteiger partial charge in [-0.05, 0) is 48.5 Å². The zero-order valence-corrected chi connectivity index (χ0v) is 12.9. The summed E-state index contributed by atoms with van der Waals surface area (Å²) in [5.74, 6) is 0.631. The Morgan fingerprint density at radius 2 is 1.87 bits per heavy atom. The molecule has 1 fully saturated rings. The summed E-state index contributed by atoms with van der Waals surface area (Å²) in [6, 6.07) is 13.5. The zero-order chi connectivity index (χ0) is 16.2. The minimum absolute atomic E-state index is 0.227. The lowest BCUT2D eigenvalue weighted by atomic mass is 10.2. The lowest BCUT2D eigenvalue weighted by Crippen LogP contribution is -2.37. The third kappa shape index (κ3) is 3.46. The van der Waals surface area contributed by atoms with E-state index in [1.807, 2.05) is 0 Å². The van der Waals surface area contributed by atoms with Gasteiger partial charge in [0.25, 0.3) is 0 Å². The van der Waals surface area contributed by atoms with E-state index in [2.05, 4.69) is 0 Å². The van der Waals surface area contributed by atoms with Crippen LogP contribution in [0.4, 0.5) is 10.5 Å². The van der Waals surface area contributed by atoms with Crippen LogP contribution in [0.25, 0.3) is 0 Å². The monoisotopic (exact) mass is 331 g/mol. The van der Waals surface area contributed by atoms with Crippen molar-refractivity contribution in [2.75, 3.05) is 18.1 Å². The van der Waals surface area contributed by atoms with E-state index < -0.39 is 6.09 Å². The second kappa shape index (κ2) is 6.71. The lowest BCUT2D eigenvalue weighted by molar-refractivity contribution is 0.112. The first-order valence-electron chi connectivity index (χ1n) is 7.07. The van der Waals surface area contributed by atoms with Gasteiger partial charge in [0.15, 0.2) is 0 Å². The number of cyclic esters (lactones) is 1. The van der Waals surface area contributed by atoms with Gasteiger partial charge in [-0.3, -0.25) is 9.69 Å². The van der Waals surface area contributed by atoms with Gasteiger partial charge >= 0.3 is 6.09 Å². The third-order valence-electron chi connectivity index (χ3n) is 3.52. The van der Waals surface area contributed by atoms with Gasteiger partial charge in [0.1, 0.15) is 31.3 Å². The second-order valence-electron chi connectivity index (χ2n) is 5.08. The summed E-state index contributed by atoms with van der Waals surface area (Å²) in [5.41, 5.74) is 1.29. The normalized spacial score (nSPS) is 17.0. The van der Waals surface area contributed by atoms with Crippen LogP contribution in [0.3, 0.4) is 0 Å². The second-order valence-corrected chi connectivity index (χ2v) is 5.51. The van der Waals surface area contributed by atoms with Crippen molar-refractivity contribution in [2.24, 2.45) is 0 Å². The Labute approximate surface area is 138 Å². The number of carbonyl (C=O) groups is 2. The molecule has 0 bridgehead atoms. The maximum Gasteiger partial charge on any atom is 0.414 e. The average molecular weight is 332 g/mol. The van der Waals surface area contributed by atoms with E-state index >= 15 is 0 Å². The molecule has 0 aliphatic carbocycles. The van der Waals surface area contributed by atoms with Crippen molar-refractivity contribution in [2.45, 2.75) is 6.04 Å². The van der Waals surface area contributed by atoms with E-state index in [4.69, 9.17) is 21.1 Å². The lowest BCUT2D eigenvalue weighted by Gasteiger charge is -2.21. The van der Waals surface area contributed by atoms with Gasteiger partial charge in [-0.1, -0.05) is 11.6 Å². The first kappa shape index (κ1) is 15.4. The molecule has 1 aliphatic heterocycles. The summed E-state index contributed by atoms with van der Waals surface area (Å²) in [6.45, 7) is 0.544. The van der Waals surface area contributed by atoms with E-state index in [1.165, 1.54) is 0 Å². The van der Waals surface area contributed by atoms with Crippen molar-refractivity contribution in [1.29, 1.82) is 0 Å². The highest BCUT2D eigenvalue weighted by molar-refractivity contribution is 6.30. The van der Waals surface area contributed by atoms with Crippen molar-refractivity contribution in [3.8, 4) is 5.75 Å². The number of benzene rings is 2. The number of aldehydes is 1. The highest BCUT2D eigenvalue weighted by Gasteiger charge is 2.34. The number of anilines is 1. The Balaban J connectivity index is 1.69. The van der Waals surface area contributed by atoms with Gasteiger partial charge in [0.2, 0.25) is 0 Å². The van der Waals surface area contributed by atoms with E-state index in [0.29, 0.717) is 22.0 Å². The van der Waals surface area contributed by atoms with E-state index in [0.717, 1.165) is 6.29 Å². The number of ether oxygens (including phenoxy) is 2. The van der Waals surface area contributed by atoms with Crippen LogP contribution in [0.1, 0.15) is 10.4 Å². The van der Waals surface area contributed by atoms with Crippen molar-refractivity contribution >= 4 is 29.7 Å². The quantitative estimate of drug-likeness (QED) is 0.786. The third-order valence-corrected chi connectivity index (χ3v) is 3.78. The van der Waals surface area contributed by atoms with Crippen LogP contribution >= 0.6 is 11.6 Å². The van der Waals surface area contributed by atoms with Gasteiger partial charge in [-0.15, -0.1) is 0 Å². The molecule has 3 rings (SSSR count). The largest absolute Gasteiger partial charge is 0.491 e. The first-order chi connectivity index (χ1) is 11.2. The van der Waals surface area contributed by atoms with Crippen LogP contribution in [-0.4, -0.2) is 31.6 Å². The smallest absolute Gasteiger partial charge is 0.414 e. The Kier molecular flexibility index (Phi) is 4.48. The molecule has 0 radical (unpaired) electrons. The molecular formula is C17H14ClNO4. The zero-order valence-electron chi connectivity index (χ0n) is 12.1. The fraction of sp³-hybridized carbons (Fsp3) is 0.176. The number of hydrogen-bond acceptors (Lipinski definition) is 4. The summed E-state index contributed by atoms with van der Waals surface area (Å²) in [7, 11) is 0. The van der Waals surface area contributed by atoms with Crippen LogP contribution in [0.15, 0.2) is 48.5 Å². The van der Waals surface area contributed by atoms with Crippen LogP contribution in [0.5, 0.6) is 5.75 Å². The Bertz CT molecular complexity index is 700. The fourth-order valence-electron chi connectivity index (χ4n) is 2.34. The first-order valence-corrected chi connectivity index (χ1v) is 7.45. The number of halogens is 1. The highest BCUT2D eigenvalue weighted by atomic mass is 35.5. The molecule has 6 heteroatoms. The fourth-order valence-corrected chi connectivity index (χ4v) is 2.46. The Morgan fingerprint density at radius 3 is 2.52 bits per heavy atom.